The molecule has 0 atom stereocenters. The molecule has 0 aliphatic carbocycles. The highest BCUT2D eigenvalue weighted by atomic mass is 16.5. The number of benzene rings is 1. The SMILES string of the molecule is COc1cc(C)ccc1CCC1CCNCC1. The van der Waals surface area contributed by atoms with Crippen molar-refractivity contribution in [1.82, 2.24) is 5.32 Å². The second kappa shape index (κ2) is 6.06. The predicted molar refractivity (Wildman–Crippen MR) is 71.6 cm³/mol. The van der Waals surface area contributed by atoms with E-state index in [1.807, 2.05) is 0 Å². The summed E-state index contributed by atoms with van der Waals surface area (Å²) in [6, 6.07) is 6.54. The number of ether oxygens (including phenoxy) is 1. The first kappa shape index (κ1) is 12.4. The summed E-state index contributed by atoms with van der Waals surface area (Å²) in [5.74, 6) is 1.95. The molecule has 1 aliphatic heterocycles. The first-order valence-electron chi connectivity index (χ1n) is 6.64. The van der Waals surface area contributed by atoms with Crippen LogP contribution in [0, 0.1) is 12.8 Å². The molecule has 0 amide bonds. The topological polar surface area (TPSA) is 21.3 Å². The van der Waals surface area contributed by atoms with Crippen molar-refractivity contribution in [2.75, 3.05) is 20.2 Å². The van der Waals surface area contributed by atoms with E-state index in [1.165, 1.54) is 43.5 Å². The molecule has 1 fully saturated rings. The molecule has 1 aromatic rings. The Morgan fingerprint density at radius 1 is 1.29 bits per heavy atom. The summed E-state index contributed by atoms with van der Waals surface area (Å²) in [7, 11) is 1.77. The molecule has 0 spiro atoms. The fraction of sp³-hybridized carbons (Fsp3) is 0.600. The van der Waals surface area contributed by atoms with Gasteiger partial charge in [-0.25, -0.2) is 0 Å². The van der Waals surface area contributed by atoms with Gasteiger partial charge in [0.1, 0.15) is 5.75 Å². The zero-order valence-corrected chi connectivity index (χ0v) is 11.0. The lowest BCUT2D eigenvalue weighted by atomic mass is 9.91. The number of piperidine rings is 1. The normalized spacial score (nSPS) is 17.1. The summed E-state index contributed by atoms with van der Waals surface area (Å²) in [5.41, 5.74) is 2.63. The Hall–Kier alpha value is -1.02. The number of methoxy groups -OCH3 is 1. The average molecular weight is 233 g/mol. The smallest absolute Gasteiger partial charge is 0.122 e. The Kier molecular flexibility index (Phi) is 4.43. The largest absolute Gasteiger partial charge is 0.496 e. The first-order chi connectivity index (χ1) is 8.29. The van der Waals surface area contributed by atoms with Gasteiger partial charge in [0.05, 0.1) is 7.11 Å². The van der Waals surface area contributed by atoms with Crippen molar-refractivity contribution < 1.29 is 4.74 Å². The van der Waals surface area contributed by atoms with Crippen LogP contribution in [0.5, 0.6) is 5.75 Å². The average Bonchev–Trinajstić information content (AvgIpc) is 2.38. The van der Waals surface area contributed by atoms with Gasteiger partial charge >= 0.3 is 0 Å². The maximum atomic E-state index is 5.45. The molecule has 1 saturated heterocycles. The second-order valence-corrected chi connectivity index (χ2v) is 5.05. The van der Waals surface area contributed by atoms with E-state index in [0.717, 1.165) is 18.1 Å². The molecular weight excluding hydrogens is 210 g/mol. The molecule has 1 aliphatic rings. The van der Waals surface area contributed by atoms with Gasteiger partial charge in [-0.3, -0.25) is 0 Å². The lowest BCUT2D eigenvalue weighted by molar-refractivity contribution is 0.351. The summed E-state index contributed by atoms with van der Waals surface area (Å²) in [4.78, 5) is 0. The van der Waals surface area contributed by atoms with Gasteiger partial charge in [0.2, 0.25) is 0 Å². The number of nitrogens with one attached hydrogen (secondary N) is 1. The lowest BCUT2D eigenvalue weighted by Crippen LogP contribution is -2.27. The van der Waals surface area contributed by atoms with E-state index in [9.17, 15) is 0 Å². The predicted octanol–water partition coefficient (Wildman–Crippen LogP) is 2.94. The molecule has 2 rings (SSSR count). The van der Waals surface area contributed by atoms with Crippen molar-refractivity contribution in [2.45, 2.75) is 32.6 Å². The van der Waals surface area contributed by atoms with Crippen LogP contribution in [-0.2, 0) is 6.42 Å². The van der Waals surface area contributed by atoms with Gasteiger partial charge in [0.25, 0.3) is 0 Å². The molecule has 2 heteroatoms. The van der Waals surface area contributed by atoms with Gasteiger partial charge in [0.15, 0.2) is 0 Å². The zero-order chi connectivity index (χ0) is 12.1. The molecular formula is C15H23NO. The lowest BCUT2D eigenvalue weighted by Gasteiger charge is -2.22. The van der Waals surface area contributed by atoms with E-state index >= 15 is 0 Å². The van der Waals surface area contributed by atoms with Crippen molar-refractivity contribution >= 4 is 0 Å². The first-order valence-corrected chi connectivity index (χ1v) is 6.64. The van der Waals surface area contributed by atoms with Crippen LogP contribution >= 0.6 is 0 Å². The van der Waals surface area contributed by atoms with Crippen LogP contribution in [0.1, 0.15) is 30.4 Å². The Labute approximate surface area is 104 Å². The molecule has 1 aromatic carbocycles. The van der Waals surface area contributed by atoms with Gasteiger partial charge in [-0.1, -0.05) is 12.1 Å². The van der Waals surface area contributed by atoms with Crippen LogP contribution < -0.4 is 10.1 Å². The van der Waals surface area contributed by atoms with Crippen molar-refractivity contribution in [3.63, 3.8) is 0 Å². The number of hydrogen-bond donors (Lipinski definition) is 1. The van der Waals surface area contributed by atoms with Gasteiger partial charge in [0, 0.05) is 0 Å². The summed E-state index contributed by atoms with van der Waals surface area (Å²) >= 11 is 0. The monoisotopic (exact) mass is 233 g/mol. The minimum Gasteiger partial charge on any atom is -0.496 e. The fourth-order valence-electron chi connectivity index (χ4n) is 2.59. The minimum atomic E-state index is 0.891. The molecule has 0 aromatic heterocycles. The molecule has 1 heterocycles. The molecule has 0 radical (unpaired) electrons. The zero-order valence-electron chi connectivity index (χ0n) is 11.0. The number of aryl methyl sites for hydroxylation is 2. The maximum Gasteiger partial charge on any atom is 0.122 e. The third-order valence-corrected chi connectivity index (χ3v) is 3.72. The maximum absolute atomic E-state index is 5.45. The molecule has 17 heavy (non-hydrogen) atoms. The molecule has 0 bridgehead atoms. The Morgan fingerprint density at radius 3 is 2.76 bits per heavy atom. The Balaban J connectivity index is 1.93. The van der Waals surface area contributed by atoms with Crippen molar-refractivity contribution in [3.8, 4) is 5.75 Å². The number of rotatable bonds is 4. The number of hydrogen-bond acceptors (Lipinski definition) is 2. The second-order valence-electron chi connectivity index (χ2n) is 5.05. The van der Waals surface area contributed by atoms with Crippen molar-refractivity contribution in [1.29, 1.82) is 0 Å². The van der Waals surface area contributed by atoms with Crippen LogP contribution in [0.15, 0.2) is 18.2 Å². The third-order valence-electron chi connectivity index (χ3n) is 3.72. The van der Waals surface area contributed by atoms with E-state index in [-0.39, 0.29) is 0 Å². The van der Waals surface area contributed by atoms with Crippen molar-refractivity contribution in [3.05, 3.63) is 29.3 Å². The van der Waals surface area contributed by atoms with Gasteiger partial charge in [-0.15, -0.1) is 0 Å². The standard InChI is InChI=1S/C15H23NO/c1-12-3-5-14(15(11-12)17-2)6-4-13-7-9-16-10-8-13/h3,5,11,13,16H,4,6-10H2,1-2H3. The molecule has 0 saturated carbocycles. The van der Waals surface area contributed by atoms with Gasteiger partial charge in [-0.05, 0) is 68.8 Å². The molecule has 2 nitrogen and oxygen atoms in total. The van der Waals surface area contributed by atoms with E-state index < -0.39 is 0 Å². The highest BCUT2D eigenvalue weighted by Gasteiger charge is 2.13. The van der Waals surface area contributed by atoms with Crippen LogP contribution in [0.2, 0.25) is 0 Å². The fourth-order valence-corrected chi connectivity index (χ4v) is 2.59. The molecule has 94 valence electrons. The van der Waals surface area contributed by atoms with Crippen LogP contribution in [0.4, 0.5) is 0 Å². The Morgan fingerprint density at radius 2 is 2.06 bits per heavy atom. The molecule has 0 unspecified atom stereocenters. The molecule has 1 N–H and O–H groups in total. The highest BCUT2D eigenvalue weighted by molar-refractivity contribution is 5.37. The minimum absolute atomic E-state index is 0.891. The van der Waals surface area contributed by atoms with Gasteiger partial charge < -0.3 is 10.1 Å². The summed E-state index contributed by atoms with van der Waals surface area (Å²) in [6.07, 6.45) is 5.09. The summed E-state index contributed by atoms with van der Waals surface area (Å²) in [5, 5.41) is 3.42. The van der Waals surface area contributed by atoms with E-state index in [0.29, 0.717) is 0 Å². The van der Waals surface area contributed by atoms with Crippen LogP contribution in [0.25, 0.3) is 0 Å². The van der Waals surface area contributed by atoms with Crippen LogP contribution in [0.3, 0.4) is 0 Å². The van der Waals surface area contributed by atoms with Crippen LogP contribution in [-0.4, -0.2) is 20.2 Å². The van der Waals surface area contributed by atoms with Gasteiger partial charge in [-0.2, -0.15) is 0 Å². The quantitative estimate of drug-likeness (QED) is 0.863. The van der Waals surface area contributed by atoms with E-state index in [1.54, 1.807) is 7.11 Å². The summed E-state index contributed by atoms with van der Waals surface area (Å²) in [6.45, 7) is 4.49. The third kappa shape index (κ3) is 3.47. The van der Waals surface area contributed by atoms with E-state index in [2.05, 4.69) is 30.4 Å². The Bertz CT molecular complexity index is 356. The highest BCUT2D eigenvalue weighted by Crippen LogP contribution is 2.25. The van der Waals surface area contributed by atoms with E-state index in [4.69, 9.17) is 4.74 Å². The summed E-state index contributed by atoms with van der Waals surface area (Å²) < 4.78 is 5.45. The van der Waals surface area contributed by atoms with Crippen molar-refractivity contribution in [2.24, 2.45) is 5.92 Å².